The van der Waals surface area contributed by atoms with Crippen molar-refractivity contribution in [1.82, 2.24) is 0 Å². The van der Waals surface area contributed by atoms with Gasteiger partial charge in [-0.25, -0.2) is 0 Å². The summed E-state index contributed by atoms with van der Waals surface area (Å²) < 4.78 is 0. The Labute approximate surface area is 214 Å². The van der Waals surface area contributed by atoms with Crippen molar-refractivity contribution in [3.05, 3.63) is 91.0 Å². The van der Waals surface area contributed by atoms with Crippen LogP contribution in [0, 0.1) is 0 Å². The van der Waals surface area contributed by atoms with E-state index in [0.717, 1.165) is 0 Å². The molecule has 0 unspecified atom stereocenters. The van der Waals surface area contributed by atoms with E-state index in [0.29, 0.717) is 0 Å². The Morgan fingerprint density at radius 2 is 0.727 bits per heavy atom. The van der Waals surface area contributed by atoms with Gasteiger partial charge in [-0.2, -0.15) is 0 Å². The van der Waals surface area contributed by atoms with Crippen LogP contribution in [-0.4, -0.2) is 6.16 Å². The van der Waals surface area contributed by atoms with Crippen LogP contribution in [0.2, 0.25) is 0 Å². The Morgan fingerprint density at radius 3 is 1.06 bits per heavy atom. The number of halogens is 1. The molecule has 3 rings (SSSR count). The van der Waals surface area contributed by atoms with E-state index < -0.39 is 7.26 Å². The molecule has 0 atom stereocenters. The summed E-state index contributed by atoms with van der Waals surface area (Å²) in [6, 6.07) is 34.1. The second-order valence-electron chi connectivity index (χ2n) is 9.29. The Hall–Kier alpha value is -1.43. The predicted octanol–water partition coefficient (Wildman–Crippen LogP) is 8.60. The maximum atomic E-state index is 2.38. The average Bonchev–Trinajstić information content (AvgIpc) is 2.87. The molecule has 0 saturated carbocycles. The molecule has 0 radical (unpaired) electrons. The van der Waals surface area contributed by atoms with Crippen LogP contribution >= 0.6 is 24.2 Å². The first-order valence-electron chi connectivity index (χ1n) is 13.0. The van der Waals surface area contributed by atoms with Crippen molar-refractivity contribution < 1.29 is 0 Å². The minimum atomic E-state index is -2.02. The van der Waals surface area contributed by atoms with Crippen molar-refractivity contribution in [2.24, 2.45) is 0 Å². The van der Waals surface area contributed by atoms with Gasteiger partial charge in [-0.05, 0) is 0 Å². The summed E-state index contributed by atoms with van der Waals surface area (Å²) in [4.78, 5) is 0. The molecule has 0 fully saturated rings. The molecule has 3 aromatic carbocycles. The third-order valence-corrected chi connectivity index (χ3v) is 12.0. The van der Waals surface area contributed by atoms with Crippen molar-refractivity contribution in [3.8, 4) is 0 Å². The van der Waals surface area contributed by atoms with E-state index in [1.54, 1.807) is 15.9 Å². The van der Waals surface area contributed by atoms with Gasteiger partial charge in [-0.1, -0.05) is 6.92 Å². The van der Waals surface area contributed by atoms with Gasteiger partial charge < -0.3 is 0 Å². The fourth-order valence-electron chi connectivity index (χ4n) is 5.16. The van der Waals surface area contributed by atoms with Gasteiger partial charge in [0.2, 0.25) is 0 Å². The van der Waals surface area contributed by atoms with Crippen molar-refractivity contribution in [1.29, 1.82) is 0 Å². The zero-order valence-electron chi connectivity index (χ0n) is 20.6. The van der Waals surface area contributed by atoms with E-state index in [-0.39, 0.29) is 17.0 Å². The first-order chi connectivity index (χ1) is 15.9. The van der Waals surface area contributed by atoms with Crippen LogP contribution in [0.5, 0.6) is 0 Å². The van der Waals surface area contributed by atoms with Gasteiger partial charge >= 0.3 is 191 Å². The summed E-state index contributed by atoms with van der Waals surface area (Å²) in [7, 11) is -2.02. The quantitative estimate of drug-likeness (QED) is 0.137. The van der Waals surface area contributed by atoms with Crippen LogP contribution in [-0.2, 0) is 0 Å². The van der Waals surface area contributed by atoms with Crippen molar-refractivity contribution in [2.45, 2.75) is 77.6 Å². The van der Waals surface area contributed by atoms with E-state index in [2.05, 4.69) is 97.9 Å². The SMILES string of the molecule is Br.CCCCCCCCCCCCC[PH](c1ccccc1)(c1ccccc1)c1ccccc1. The topological polar surface area (TPSA) is 0 Å². The van der Waals surface area contributed by atoms with Crippen molar-refractivity contribution >= 4 is 40.2 Å². The van der Waals surface area contributed by atoms with Crippen molar-refractivity contribution in [2.75, 3.05) is 6.16 Å². The Kier molecular flexibility index (Phi) is 13.7. The predicted molar refractivity (Wildman–Crippen MR) is 158 cm³/mol. The molecule has 2 heteroatoms. The normalized spacial score (nSPS) is 11.7. The van der Waals surface area contributed by atoms with Crippen LogP contribution in [0.15, 0.2) is 91.0 Å². The summed E-state index contributed by atoms with van der Waals surface area (Å²) in [5.74, 6) is 0. The van der Waals surface area contributed by atoms with Crippen molar-refractivity contribution in [3.63, 3.8) is 0 Å². The van der Waals surface area contributed by atoms with Gasteiger partial charge in [0.05, 0.1) is 0 Å². The first kappa shape index (κ1) is 27.8. The molecule has 0 aliphatic rings. The van der Waals surface area contributed by atoms with Gasteiger partial charge in [0.1, 0.15) is 0 Å². The monoisotopic (exact) mass is 526 g/mol. The third-order valence-electron chi connectivity index (χ3n) is 6.96. The van der Waals surface area contributed by atoms with Gasteiger partial charge in [0.15, 0.2) is 0 Å². The Bertz CT molecular complexity index is 751. The Balaban J connectivity index is 0.00000385. The van der Waals surface area contributed by atoms with Crippen LogP contribution in [0.25, 0.3) is 0 Å². The van der Waals surface area contributed by atoms with Crippen LogP contribution in [0.4, 0.5) is 0 Å². The molecule has 33 heavy (non-hydrogen) atoms. The molecule has 0 amide bonds. The maximum absolute atomic E-state index is 2.38. The third kappa shape index (κ3) is 8.38. The molecular formula is C31H44BrP. The van der Waals surface area contributed by atoms with E-state index in [4.69, 9.17) is 0 Å². The summed E-state index contributed by atoms with van der Waals surface area (Å²) in [5, 5.41) is 4.64. The van der Waals surface area contributed by atoms with E-state index >= 15 is 0 Å². The molecule has 180 valence electrons. The summed E-state index contributed by atoms with van der Waals surface area (Å²) in [6.45, 7) is 2.30. The molecule has 0 nitrogen and oxygen atoms in total. The fraction of sp³-hybridized carbons (Fsp3) is 0.419. The molecule has 0 aliphatic carbocycles. The molecule has 0 spiro atoms. The second-order valence-corrected chi connectivity index (χ2v) is 13.3. The minimum absolute atomic E-state index is 0. The zero-order chi connectivity index (χ0) is 22.3. The van der Waals surface area contributed by atoms with Gasteiger partial charge in [0.25, 0.3) is 0 Å². The molecule has 0 N–H and O–H groups in total. The molecule has 0 aromatic heterocycles. The molecule has 3 aromatic rings. The number of rotatable bonds is 15. The van der Waals surface area contributed by atoms with E-state index in [1.165, 1.54) is 76.8 Å². The Morgan fingerprint density at radius 1 is 0.424 bits per heavy atom. The number of hydrogen-bond donors (Lipinski definition) is 0. The molecule has 0 saturated heterocycles. The molecular weight excluding hydrogens is 483 g/mol. The van der Waals surface area contributed by atoms with E-state index in [1.807, 2.05) is 0 Å². The first-order valence-corrected chi connectivity index (χ1v) is 15.2. The average molecular weight is 528 g/mol. The molecule has 0 bridgehead atoms. The number of hydrogen-bond acceptors (Lipinski definition) is 0. The van der Waals surface area contributed by atoms with Crippen LogP contribution < -0.4 is 15.9 Å². The van der Waals surface area contributed by atoms with Gasteiger partial charge in [0, 0.05) is 0 Å². The summed E-state index contributed by atoms with van der Waals surface area (Å²) in [5.41, 5.74) is 0. The second kappa shape index (κ2) is 16.2. The summed E-state index contributed by atoms with van der Waals surface area (Å²) >= 11 is 0. The molecule has 0 heterocycles. The summed E-state index contributed by atoms with van der Waals surface area (Å²) in [6.07, 6.45) is 16.7. The van der Waals surface area contributed by atoms with Gasteiger partial charge in [-0.15, -0.1) is 17.0 Å². The van der Waals surface area contributed by atoms with E-state index in [9.17, 15) is 0 Å². The van der Waals surface area contributed by atoms with Crippen LogP contribution in [0.3, 0.4) is 0 Å². The molecule has 0 aliphatic heterocycles. The van der Waals surface area contributed by atoms with Crippen LogP contribution in [0.1, 0.15) is 77.6 Å². The standard InChI is InChI=1S/C31H43P.BrH/c1-2-3-4-5-6-7-8-9-10-11-21-28-32(29-22-15-12-16-23-29,30-24-17-13-18-25-30)31-26-19-14-20-27-31;/h12-20,22-27,32H,2-11,21,28H2,1H3;1H. The number of unbranched alkanes of at least 4 members (excludes halogenated alkanes) is 10. The zero-order valence-corrected chi connectivity index (χ0v) is 23.3. The number of benzene rings is 3. The van der Waals surface area contributed by atoms with Gasteiger partial charge in [-0.3, -0.25) is 0 Å². The fourth-order valence-corrected chi connectivity index (χ4v) is 10.1.